The van der Waals surface area contributed by atoms with Crippen molar-refractivity contribution >= 4 is 22.0 Å². The van der Waals surface area contributed by atoms with Gasteiger partial charge in [0.15, 0.2) is 0 Å². The fraction of sp³-hybridized carbons (Fsp3) is 0.0769. The quantitative estimate of drug-likeness (QED) is 0.570. The first kappa shape index (κ1) is 15.2. The molecule has 0 N–H and O–H groups in total. The first-order chi connectivity index (χ1) is 7.77. The van der Waals surface area contributed by atoms with Gasteiger partial charge in [-0.05, 0) is 30.0 Å². The van der Waals surface area contributed by atoms with Gasteiger partial charge in [-0.25, -0.2) is 9.97 Å². The average molecular weight is 248 g/mol. The van der Waals surface area contributed by atoms with Crippen molar-refractivity contribution in [1.82, 2.24) is 9.97 Å². The van der Waals surface area contributed by atoms with Crippen LogP contribution in [0.25, 0.3) is 11.0 Å². The van der Waals surface area contributed by atoms with Crippen LogP contribution >= 0.6 is 0 Å². The molecule has 0 amide bonds. The molecule has 17 heavy (non-hydrogen) atoms. The van der Waals surface area contributed by atoms with E-state index in [0.29, 0.717) is 11.0 Å². The summed E-state index contributed by atoms with van der Waals surface area (Å²) < 4.78 is 12.5. The van der Waals surface area contributed by atoms with Crippen LogP contribution in [0.15, 0.2) is 55.3 Å². The molecule has 0 saturated carbocycles. The van der Waals surface area contributed by atoms with Gasteiger partial charge in [-0.3, -0.25) is 0 Å². The van der Waals surface area contributed by atoms with Crippen molar-refractivity contribution in [3.05, 3.63) is 61.2 Å². The second-order valence-corrected chi connectivity index (χ2v) is 2.94. The molecule has 0 saturated heterocycles. The monoisotopic (exact) mass is 248 g/mol. The van der Waals surface area contributed by atoms with Crippen molar-refractivity contribution in [2.24, 2.45) is 0 Å². The Morgan fingerprint density at radius 1 is 1.24 bits per heavy atom. The molecule has 0 bridgehead atoms. The lowest BCUT2D eigenvalue weighted by atomic mass is 10.3. The summed E-state index contributed by atoms with van der Waals surface area (Å²) in [6.07, 6.45) is 6.69. The Morgan fingerprint density at radius 3 is 2.41 bits per heavy atom. The highest BCUT2D eigenvalue weighted by atomic mass is 28.1. The van der Waals surface area contributed by atoms with Gasteiger partial charge < -0.3 is 0 Å². The molecule has 0 atom stereocenters. The number of rotatable bonds is 1. The van der Waals surface area contributed by atoms with E-state index < -0.39 is 5.95 Å². The molecule has 2 aromatic rings. The summed E-state index contributed by atoms with van der Waals surface area (Å²) in [5, 5.41) is 0. The highest BCUT2D eigenvalue weighted by molar-refractivity contribution is 5.75. The van der Waals surface area contributed by atoms with Crippen molar-refractivity contribution in [3.8, 4) is 0 Å². The number of benzene rings is 1. The Hall–Kier alpha value is -1.81. The summed E-state index contributed by atoms with van der Waals surface area (Å²) in [6, 6.07) is 7.17. The molecule has 0 aliphatic heterocycles. The lowest BCUT2D eigenvalue weighted by Crippen LogP contribution is -1.86. The van der Waals surface area contributed by atoms with Crippen molar-refractivity contribution in [3.63, 3.8) is 0 Å². The van der Waals surface area contributed by atoms with E-state index in [4.69, 9.17) is 0 Å². The van der Waals surface area contributed by atoms with Crippen molar-refractivity contribution in [1.29, 1.82) is 0 Å². The van der Waals surface area contributed by atoms with Crippen LogP contribution in [0.5, 0.6) is 0 Å². The summed E-state index contributed by atoms with van der Waals surface area (Å²) in [6.45, 7) is 5.42. The van der Waals surface area contributed by atoms with Crippen LogP contribution in [0, 0.1) is 5.95 Å². The summed E-state index contributed by atoms with van der Waals surface area (Å²) in [4.78, 5) is 7.49. The fourth-order valence-corrected chi connectivity index (χ4v) is 1.07. The molecule has 0 fully saturated rings. The average Bonchev–Trinajstić information content (AvgIpc) is 2.31. The van der Waals surface area contributed by atoms with Gasteiger partial charge in [-0.15, -0.1) is 0 Å². The van der Waals surface area contributed by atoms with Crippen LogP contribution in [0.4, 0.5) is 4.39 Å². The second-order valence-electron chi connectivity index (χ2n) is 2.94. The normalized spacial score (nSPS) is 9.29. The lowest BCUT2D eigenvalue weighted by molar-refractivity contribution is 0.583. The zero-order valence-electron chi connectivity index (χ0n) is 9.10. The summed E-state index contributed by atoms with van der Waals surface area (Å²) in [7, 11) is 0. The molecule has 1 heterocycles. The number of nitrogens with zero attached hydrogens (tertiary/aromatic N) is 2. The molecule has 1 aromatic carbocycles. The minimum atomic E-state index is -0.538. The van der Waals surface area contributed by atoms with Crippen LogP contribution in [0.3, 0.4) is 0 Å². The van der Waals surface area contributed by atoms with Crippen molar-refractivity contribution in [2.45, 2.75) is 6.92 Å². The molecule has 0 unspecified atom stereocenters. The van der Waals surface area contributed by atoms with Crippen LogP contribution in [0.2, 0.25) is 0 Å². The van der Waals surface area contributed by atoms with E-state index in [1.165, 1.54) is 0 Å². The molecule has 0 radical (unpaired) electrons. The highest BCUT2D eigenvalue weighted by Gasteiger charge is 1.95. The largest absolute Gasteiger partial charge is 0.250 e. The van der Waals surface area contributed by atoms with Crippen LogP contribution in [-0.4, -0.2) is 20.9 Å². The number of halogens is 1. The molecule has 2 rings (SSSR count). The summed E-state index contributed by atoms with van der Waals surface area (Å²) in [5.74, 6) is -0.538. The third kappa shape index (κ3) is 5.17. The van der Waals surface area contributed by atoms with Gasteiger partial charge in [0, 0.05) is 0 Å². The third-order valence-corrected chi connectivity index (χ3v) is 1.75. The van der Waals surface area contributed by atoms with Crippen LogP contribution in [0.1, 0.15) is 6.92 Å². The molecule has 0 aliphatic carbocycles. The SMILES string of the molecule is C=CC=CC.Fc1cnc2ccccc2n1.[SiH4]. The minimum Gasteiger partial charge on any atom is -0.250 e. The highest BCUT2D eigenvalue weighted by Crippen LogP contribution is 2.06. The van der Waals surface area contributed by atoms with E-state index in [2.05, 4.69) is 16.5 Å². The third-order valence-electron chi connectivity index (χ3n) is 1.75. The fourth-order valence-electron chi connectivity index (χ4n) is 1.07. The minimum absolute atomic E-state index is 0. The molecule has 1 aromatic heterocycles. The Bertz CT molecular complexity index is 497. The van der Waals surface area contributed by atoms with Crippen LogP contribution in [-0.2, 0) is 0 Å². The van der Waals surface area contributed by atoms with E-state index in [1.54, 1.807) is 24.3 Å². The molecule has 90 valence electrons. The van der Waals surface area contributed by atoms with Gasteiger partial charge in [-0.2, -0.15) is 4.39 Å². The van der Waals surface area contributed by atoms with Crippen molar-refractivity contribution in [2.75, 3.05) is 0 Å². The number of hydrogen-bond acceptors (Lipinski definition) is 2. The number of para-hydroxylation sites is 2. The summed E-state index contributed by atoms with van der Waals surface area (Å²) in [5.41, 5.74) is 1.31. The maximum Gasteiger partial charge on any atom is 0.231 e. The van der Waals surface area contributed by atoms with Gasteiger partial charge >= 0.3 is 0 Å². The van der Waals surface area contributed by atoms with Gasteiger partial charge in [0.2, 0.25) is 5.95 Å². The number of aromatic nitrogens is 2. The number of allylic oxidation sites excluding steroid dienone is 3. The molecule has 0 aliphatic rings. The first-order valence-corrected chi connectivity index (χ1v) is 4.89. The zero-order chi connectivity index (χ0) is 11.8. The van der Waals surface area contributed by atoms with Gasteiger partial charge in [0.25, 0.3) is 0 Å². The van der Waals surface area contributed by atoms with Gasteiger partial charge in [-0.1, -0.05) is 36.9 Å². The molecular weight excluding hydrogens is 231 g/mol. The summed E-state index contributed by atoms with van der Waals surface area (Å²) >= 11 is 0. The Morgan fingerprint density at radius 2 is 1.88 bits per heavy atom. The number of fused-ring (bicyclic) bond motifs is 1. The zero-order valence-corrected chi connectivity index (χ0v) is 9.10. The Balaban J connectivity index is 0.000000373. The predicted octanol–water partition coefficient (Wildman–Crippen LogP) is 2.07. The molecule has 4 heteroatoms. The van der Waals surface area contributed by atoms with Gasteiger partial charge in [0.1, 0.15) is 0 Å². The van der Waals surface area contributed by atoms with E-state index in [0.717, 1.165) is 6.20 Å². The van der Waals surface area contributed by atoms with Crippen LogP contribution < -0.4 is 0 Å². The maximum atomic E-state index is 12.5. The standard InChI is InChI=1S/C8H5FN2.C5H8.H4Si/c9-8-5-10-6-3-1-2-4-7(6)11-8;1-3-5-4-2;/h1-5H;3-5H,1H2,2H3;1H4. The van der Waals surface area contributed by atoms with E-state index in [-0.39, 0.29) is 11.0 Å². The van der Waals surface area contributed by atoms with Crippen molar-refractivity contribution < 1.29 is 4.39 Å². The van der Waals surface area contributed by atoms with Gasteiger partial charge in [0.05, 0.1) is 17.2 Å². The van der Waals surface area contributed by atoms with E-state index >= 15 is 0 Å². The van der Waals surface area contributed by atoms with E-state index in [1.807, 2.05) is 25.1 Å². The Labute approximate surface area is 105 Å². The number of hydrogen-bond donors (Lipinski definition) is 0. The predicted molar refractivity (Wildman–Crippen MR) is 75.8 cm³/mol. The molecular formula is C13H17FN2Si. The second kappa shape index (κ2) is 8.35. The molecule has 2 nitrogen and oxygen atoms in total. The molecule has 0 spiro atoms. The lowest BCUT2D eigenvalue weighted by Gasteiger charge is -1.92. The Kier molecular flexibility index (Phi) is 7.46. The maximum absolute atomic E-state index is 12.5. The smallest absolute Gasteiger partial charge is 0.231 e. The first-order valence-electron chi connectivity index (χ1n) is 4.89. The van der Waals surface area contributed by atoms with E-state index in [9.17, 15) is 4.39 Å². The topological polar surface area (TPSA) is 25.8 Å².